The number of anilines is 2. The van der Waals surface area contributed by atoms with Gasteiger partial charge in [0.2, 0.25) is 0 Å². The van der Waals surface area contributed by atoms with Crippen LogP contribution in [0, 0.1) is 25.5 Å². The van der Waals surface area contributed by atoms with Gasteiger partial charge in [-0.05, 0) is 37.6 Å². The summed E-state index contributed by atoms with van der Waals surface area (Å²) in [5.74, 6) is -0.932. The number of halogens is 2. The van der Waals surface area contributed by atoms with Crippen LogP contribution in [0.15, 0.2) is 48.9 Å². The first-order valence-electron chi connectivity index (χ1n) is 8.01. The molecule has 0 spiro atoms. The number of benzene rings is 2. The summed E-state index contributed by atoms with van der Waals surface area (Å²) in [4.78, 5) is 8.49. The number of rotatable bonds is 3. The van der Waals surface area contributed by atoms with Crippen molar-refractivity contribution in [3.63, 3.8) is 0 Å². The Morgan fingerprint density at radius 3 is 2.62 bits per heavy atom. The van der Waals surface area contributed by atoms with Crippen molar-refractivity contribution >= 4 is 22.5 Å². The first kappa shape index (κ1) is 16.1. The zero-order valence-electron chi connectivity index (χ0n) is 14.2. The second-order valence-electron chi connectivity index (χ2n) is 6.06. The fourth-order valence-corrected chi connectivity index (χ4v) is 2.88. The van der Waals surface area contributed by atoms with Crippen LogP contribution in [-0.4, -0.2) is 19.7 Å². The van der Waals surface area contributed by atoms with Crippen LogP contribution in [0.2, 0.25) is 0 Å². The maximum absolute atomic E-state index is 13.9. The van der Waals surface area contributed by atoms with Crippen LogP contribution in [0.5, 0.6) is 0 Å². The van der Waals surface area contributed by atoms with Gasteiger partial charge in [0, 0.05) is 6.07 Å². The van der Waals surface area contributed by atoms with Crippen LogP contribution in [0.1, 0.15) is 11.1 Å². The molecule has 0 aliphatic carbocycles. The number of nitrogens with zero attached hydrogens (tertiary/aromatic N) is 4. The molecule has 0 fully saturated rings. The van der Waals surface area contributed by atoms with E-state index in [1.54, 1.807) is 10.9 Å². The SMILES string of the molecule is Cc1ccc(-n2ncc3c(Nc4ccc(F)cc4F)ncnc32)c(C)c1. The van der Waals surface area contributed by atoms with Crippen molar-refractivity contribution in [2.24, 2.45) is 0 Å². The molecule has 1 N–H and O–H groups in total. The Balaban J connectivity index is 1.80. The highest BCUT2D eigenvalue weighted by Gasteiger charge is 2.14. The predicted molar refractivity (Wildman–Crippen MR) is 95.8 cm³/mol. The lowest BCUT2D eigenvalue weighted by atomic mass is 10.1. The fourth-order valence-electron chi connectivity index (χ4n) is 2.88. The van der Waals surface area contributed by atoms with Crippen LogP contribution in [0.25, 0.3) is 16.7 Å². The molecular weight excluding hydrogens is 336 g/mol. The van der Waals surface area contributed by atoms with Gasteiger partial charge >= 0.3 is 0 Å². The summed E-state index contributed by atoms with van der Waals surface area (Å²) in [5, 5.41) is 7.94. The number of hydrogen-bond donors (Lipinski definition) is 1. The van der Waals surface area contributed by atoms with Crippen LogP contribution in [0.3, 0.4) is 0 Å². The summed E-state index contributed by atoms with van der Waals surface area (Å²) in [6.07, 6.45) is 3.01. The summed E-state index contributed by atoms with van der Waals surface area (Å²) in [6.45, 7) is 4.03. The minimum absolute atomic E-state index is 0.130. The van der Waals surface area contributed by atoms with Gasteiger partial charge in [-0.1, -0.05) is 17.7 Å². The molecule has 0 saturated carbocycles. The Bertz CT molecular complexity index is 1120. The normalized spacial score (nSPS) is 11.1. The number of fused-ring (bicyclic) bond motifs is 1. The Labute approximate surface area is 148 Å². The van der Waals surface area contributed by atoms with E-state index in [1.165, 1.54) is 18.5 Å². The topological polar surface area (TPSA) is 55.6 Å². The standard InChI is InChI=1S/C19H15F2N5/c1-11-3-6-17(12(2)7-11)26-19-14(9-24-26)18(22-10-23-19)25-16-5-4-13(20)8-15(16)21/h3-10H,1-2H3,(H,22,23,25). The molecule has 7 heteroatoms. The zero-order chi connectivity index (χ0) is 18.3. The Hall–Kier alpha value is -3.35. The second kappa shape index (κ2) is 6.18. The minimum Gasteiger partial charge on any atom is -0.337 e. The van der Waals surface area contributed by atoms with Crippen molar-refractivity contribution < 1.29 is 8.78 Å². The maximum atomic E-state index is 13.9. The van der Waals surface area contributed by atoms with Crippen molar-refractivity contribution in [1.29, 1.82) is 0 Å². The lowest BCUT2D eigenvalue weighted by Gasteiger charge is -2.09. The summed E-state index contributed by atoms with van der Waals surface area (Å²) in [6, 6.07) is 9.38. The monoisotopic (exact) mass is 351 g/mol. The van der Waals surface area contributed by atoms with Gasteiger partial charge in [-0.25, -0.2) is 23.4 Å². The highest BCUT2D eigenvalue weighted by atomic mass is 19.1. The van der Waals surface area contributed by atoms with Crippen LogP contribution in [-0.2, 0) is 0 Å². The molecule has 0 amide bonds. The molecule has 0 aliphatic heterocycles. The Morgan fingerprint density at radius 1 is 1.00 bits per heavy atom. The zero-order valence-corrected chi connectivity index (χ0v) is 14.2. The lowest BCUT2D eigenvalue weighted by molar-refractivity contribution is 0.586. The molecule has 2 aromatic heterocycles. The smallest absolute Gasteiger partial charge is 0.168 e. The van der Waals surface area contributed by atoms with Gasteiger partial charge in [-0.3, -0.25) is 0 Å². The van der Waals surface area contributed by atoms with E-state index in [0.29, 0.717) is 16.9 Å². The van der Waals surface area contributed by atoms with Crippen molar-refractivity contribution in [3.8, 4) is 5.69 Å². The number of aromatic nitrogens is 4. The van der Waals surface area contributed by atoms with Crippen LogP contribution < -0.4 is 5.32 Å². The van der Waals surface area contributed by atoms with Gasteiger partial charge < -0.3 is 5.32 Å². The number of hydrogen-bond acceptors (Lipinski definition) is 4. The van der Waals surface area contributed by atoms with Crippen molar-refractivity contribution in [3.05, 3.63) is 71.7 Å². The molecule has 130 valence electrons. The first-order chi connectivity index (χ1) is 12.5. The van der Waals surface area contributed by atoms with Gasteiger partial charge in [0.1, 0.15) is 23.8 Å². The van der Waals surface area contributed by atoms with Crippen molar-refractivity contribution in [1.82, 2.24) is 19.7 Å². The van der Waals surface area contributed by atoms with E-state index in [-0.39, 0.29) is 5.69 Å². The molecule has 0 unspecified atom stereocenters. The van der Waals surface area contributed by atoms with Crippen LogP contribution in [0.4, 0.5) is 20.3 Å². The predicted octanol–water partition coefficient (Wildman–Crippen LogP) is 4.45. The van der Waals surface area contributed by atoms with E-state index in [0.717, 1.165) is 22.9 Å². The number of nitrogens with one attached hydrogen (secondary N) is 1. The Morgan fingerprint density at radius 2 is 1.85 bits per heavy atom. The minimum atomic E-state index is -0.696. The molecule has 2 aromatic carbocycles. The second-order valence-corrected chi connectivity index (χ2v) is 6.06. The van der Waals surface area contributed by atoms with E-state index < -0.39 is 11.6 Å². The van der Waals surface area contributed by atoms with Gasteiger partial charge in [-0.2, -0.15) is 5.10 Å². The van der Waals surface area contributed by atoms with E-state index in [9.17, 15) is 8.78 Å². The van der Waals surface area contributed by atoms with Crippen molar-refractivity contribution in [2.75, 3.05) is 5.32 Å². The highest BCUT2D eigenvalue weighted by molar-refractivity contribution is 5.89. The molecule has 4 rings (SSSR count). The summed E-state index contributed by atoms with van der Waals surface area (Å²) >= 11 is 0. The Kier molecular flexibility index (Phi) is 3.84. The van der Waals surface area contributed by atoms with E-state index in [4.69, 9.17) is 0 Å². The van der Waals surface area contributed by atoms with Crippen molar-refractivity contribution in [2.45, 2.75) is 13.8 Å². The third-order valence-corrected chi connectivity index (χ3v) is 4.13. The molecule has 0 radical (unpaired) electrons. The van der Waals surface area contributed by atoms with E-state index in [2.05, 4.69) is 26.4 Å². The summed E-state index contributed by atoms with van der Waals surface area (Å²) in [5.41, 5.74) is 3.85. The number of aryl methyl sites for hydroxylation is 2. The van der Waals surface area contributed by atoms with Crippen LogP contribution >= 0.6 is 0 Å². The molecule has 5 nitrogen and oxygen atoms in total. The maximum Gasteiger partial charge on any atom is 0.168 e. The third kappa shape index (κ3) is 2.77. The van der Waals surface area contributed by atoms with Gasteiger partial charge in [0.05, 0.1) is 23.0 Å². The quantitative estimate of drug-likeness (QED) is 0.592. The molecule has 0 bridgehead atoms. The van der Waals surface area contributed by atoms with Gasteiger partial charge in [0.25, 0.3) is 0 Å². The molecule has 4 aromatic rings. The third-order valence-electron chi connectivity index (χ3n) is 4.13. The molecule has 0 aliphatic rings. The molecule has 0 atom stereocenters. The fraction of sp³-hybridized carbons (Fsp3) is 0.105. The summed E-state index contributed by atoms with van der Waals surface area (Å²) < 4.78 is 28.7. The lowest BCUT2D eigenvalue weighted by Crippen LogP contribution is -2.02. The highest BCUT2D eigenvalue weighted by Crippen LogP contribution is 2.27. The first-order valence-corrected chi connectivity index (χ1v) is 8.01. The molecule has 0 saturated heterocycles. The van der Waals surface area contributed by atoms with E-state index in [1.807, 2.05) is 26.0 Å². The summed E-state index contributed by atoms with van der Waals surface area (Å²) in [7, 11) is 0. The largest absolute Gasteiger partial charge is 0.337 e. The van der Waals surface area contributed by atoms with Gasteiger partial charge in [0.15, 0.2) is 5.65 Å². The molecular formula is C19H15F2N5. The molecule has 2 heterocycles. The van der Waals surface area contributed by atoms with Gasteiger partial charge in [-0.15, -0.1) is 0 Å². The average molecular weight is 351 g/mol. The molecule has 26 heavy (non-hydrogen) atoms. The average Bonchev–Trinajstić information content (AvgIpc) is 3.02. The van der Waals surface area contributed by atoms with E-state index >= 15 is 0 Å².